The molecule has 0 saturated heterocycles. The zero-order valence-electron chi connectivity index (χ0n) is 11.1. The van der Waals surface area contributed by atoms with Crippen molar-refractivity contribution in [3.63, 3.8) is 0 Å². The van der Waals surface area contributed by atoms with Gasteiger partial charge >= 0.3 is 5.97 Å². The third-order valence-electron chi connectivity index (χ3n) is 2.63. The topological polar surface area (TPSA) is 53.3 Å². The molecule has 0 fully saturated rings. The average Bonchev–Trinajstić information content (AvgIpc) is 2.37. The predicted octanol–water partition coefficient (Wildman–Crippen LogP) is 2.08. The fraction of sp³-hybridized carbons (Fsp3) is 0.429. The largest absolute Gasteiger partial charge is 0.466 e. The SMILES string of the molecule is CCOC(=O)CCN(C)Cc1cc(F)ccc1C#N. The highest BCUT2D eigenvalue weighted by Gasteiger charge is 2.09. The number of carbonyl (C=O) groups is 1. The van der Waals surface area contributed by atoms with Crippen LogP contribution in [-0.2, 0) is 16.1 Å². The van der Waals surface area contributed by atoms with Crippen molar-refractivity contribution in [3.8, 4) is 6.07 Å². The maximum atomic E-state index is 13.1. The summed E-state index contributed by atoms with van der Waals surface area (Å²) in [5.74, 6) is -0.623. The van der Waals surface area contributed by atoms with E-state index in [1.165, 1.54) is 18.2 Å². The van der Waals surface area contributed by atoms with Crippen LogP contribution in [0.3, 0.4) is 0 Å². The summed E-state index contributed by atoms with van der Waals surface area (Å²) in [5, 5.41) is 8.95. The van der Waals surface area contributed by atoms with E-state index < -0.39 is 0 Å². The highest BCUT2D eigenvalue weighted by molar-refractivity contribution is 5.69. The minimum Gasteiger partial charge on any atom is -0.466 e. The van der Waals surface area contributed by atoms with Crippen LogP contribution in [0.5, 0.6) is 0 Å². The van der Waals surface area contributed by atoms with Gasteiger partial charge in [-0.15, -0.1) is 0 Å². The van der Waals surface area contributed by atoms with Crippen molar-refractivity contribution in [1.29, 1.82) is 5.26 Å². The Kier molecular flexibility index (Phi) is 5.97. The zero-order valence-corrected chi connectivity index (χ0v) is 11.1. The Bertz CT molecular complexity index is 483. The van der Waals surface area contributed by atoms with Gasteiger partial charge < -0.3 is 9.64 Å². The van der Waals surface area contributed by atoms with Crippen LogP contribution < -0.4 is 0 Å². The molecule has 0 aliphatic carbocycles. The van der Waals surface area contributed by atoms with E-state index in [0.29, 0.717) is 30.8 Å². The van der Waals surface area contributed by atoms with Gasteiger partial charge in [-0.3, -0.25) is 4.79 Å². The van der Waals surface area contributed by atoms with Crippen molar-refractivity contribution in [2.75, 3.05) is 20.2 Å². The highest BCUT2D eigenvalue weighted by Crippen LogP contribution is 2.12. The molecule has 19 heavy (non-hydrogen) atoms. The monoisotopic (exact) mass is 264 g/mol. The van der Waals surface area contributed by atoms with Gasteiger partial charge in [0.2, 0.25) is 0 Å². The molecule has 102 valence electrons. The van der Waals surface area contributed by atoms with E-state index in [1.807, 2.05) is 18.0 Å². The number of rotatable bonds is 6. The quantitative estimate of drug-likeness (QED) is 0.738. The third kappa shape index (κ3) is 5.06. The molecule has 1 aromatic rings. The second kappa shape index (κ2) is 7.49. The van der Waals surface area contributed by atoms with Crippen molar-refractivity contribution < 1.29 is 13.9 Å². The minimum atomic E-state index is -0.368. The normalized spacial score (nSPS) is 10.3. The zero-order chi connectivity index (χ0) is 14.3. The van der Waals surface area contributed by atoms with E-state index in [-0.39, 0.29) is 18.2 Å². The maximum Gasteiger partial charge on any atom is 0.307 e. The van der Waals surface area contributed by atoms with Crippen LogP contribution >= 0.6 is 0 Å². The molecule has 1 rings (SSSR count). The number of halogens is 1. The van der Waals surface area contributed by atoms with Crippen LogP contribution in [-0.4, -0.2) is 31.1 Å². The van der Waals surface area contributed by atoms with E-state index in [0.717, 1.165) is 0 Å². The lowest BCUT2D eigenvalue weighted by Crippen LogP contribution is -2.22. The van der Waals surface area contributed by atoms with Gasteiger partial charge in [-0.05, 0) is 37.7 Å². The van der Waals surface area contributed by atoms with Gasteiger partial charge in [0.1, 0.15) is 5.82 Å². The first kappa shape index (κ1) is 15.1. The van der Waals surface area contributed by atoms with Gasteiger partial charge in [0.15, 0.2) is 0 Å². The van der Waals surface area contributed by atoms with Crippen LogP contribution in [0, 0.1) is 17.1 Å². The molecule has 0 spiro atoms. The summed E-state index contributed by atoms with van der Waals surface area (Å²) in [4.78, 5) is 13.1. The minimum absolute atomic E-state index is 0.255. The molecule has 0 heterocycles. The van der Waals surface area contributed by atoms with E-state index in [2.05, 4.69) is 0 Å². The van der Waals surface area contributed by atoms with Crippen molar-refractivity contribution in [2.24, 2.45) is 0 Å². The second-order valence-electron chi connectivity index (χ2n) is 4.21. The molecule has 0 amide bonds. The van der Waals surface area contributed by atoms with Gasteiger partial charge in [0, 0.05) is 13.1 Å². The smallest absolute Gasteiger partial charge is 0.307 e. The molecule has 0 aliphatic rings. The van der Waals surface area contributed by atoms with Crippen LogP contribution in [0.15, 0.2) is 18.2 Å². The first-order chi connectivity index (χ1) is 9.06. The Morgan fingerprint density at radius 2 is 2.26 bits per heavy atom. The van der Waals surface area contributed by atoms with Crippen molar-refractivity contribution >= 4 is 5.97 Å². The fourth-order valence-corrected chi connectivity index (χ4v) is 1.69. The molecule has 0 aliphatic heterocycles. The molecule has 0 atom stereocenters. The van der Waals surface area contributed by atoms with Gasteiger partial charge in [-0.25, -0.2) is 4.39 Å². The van der Waals surface area contributed by atoms with E-state index >= 15 is 0 Å². The van der Waals surface area contributed by atoms with Crippen LogP contribution in [0.4, 0.5) is 4.39 Å². The molecular formula is C14H17FN2O2. The first-order valence-electron chi connectivity index (χ1n) is 6.09. The molecule has 0 saturated carbocycles. The van der Waals surface area contributed by atoms with E-state index in [4.69, 9.17) is 10.00 Å². The summed E-state index contributed by atoms with van der Waals surface area (Å²) in [6.07, 6.45) is 0.279. The molecular weight excluding hydrogens is 247 g/mol. The molecule has 0 radical (unpaired) electrons. The lowest BCUT2D eigenvalue weighted by Gasteiger charge is -2.16. The highest BCUT2D eigenvalue weighted by atomic mass is 19.1. The Hall–Kier alpha value is -1.93. The molecule has 0 bridgehead atoms. The molecule has 0 unspecified atom stereocenters. The van der Waals surface area contributed by atoms with E-state index in [9.17, 15) is 9.18 Å². The number of ether oxygens (including phenoxy) is 1. The third-order valence-corrected chi connectivity index (χ3v) is 2.63. The summed E-state index contributed by atoms with van der Waals surface area (Å²) >= 11 is 0. The standard InChI is InChI=1S/C14H17FN2O2/c1-3-19-14(18)6-7-17(2)10-12-8-13(15)5-4-11(12)9-16/h4-5,8H,3,6-7,10H2,1-2H3. The van der Waals surface area contributed by atoms with Crippen LogP contribution in [0.1, 0.15) is 24.5 Å². The van der Waals surface area contributed by atoms with Gasteiger partial charge in [-0.1, -0.05) is 0 Å². The summed E-state index contributed by atoms with van der Waals surface area (Å²) in [6.45, 7) is 3.04. The van der Waals surface area contributed by atoms with Crippen molar-refractivity contribution in [3.05, 3.63) is 35.1 Å². The molecule has 5 heteroatoms. The summed E-state index contributed by atoms with van der Waals surface area (Å²) in [6, 6.07) is 6.10. The Morgan fingerprint density at radius 1 is 1.53 bits per heavy atom. The van der Waals surface area contributed by atoms with Gasteiger partial charge in [-0.2, -0.15) is 5.26 Å². The van der Waals surface area contributed by atoms with E-state index in [1.54, 1.807) is 6.92 Å². The van der Waals surface area contributed by atoms with Gasteiger partial charge in [0.25, 0.3) is 0 Å². The predicted molar refractivity (Wildman–Crippen MR) is 68.7 cm³/mol. The number of hydrogen-bond acceptors (Lipinski definition) is 4. The Morgan fingerprint density at radius 3 is 2.89 bits per heavy atom. The lowest BCUT2D eigenvalue weighted by atomic mass is 10.1. The van der Waals surface area contributed by atoms with Crippen LogP contribution in [0.25, 0.3) is 0 Å². The molecule has 4 nitrogen and oxygen atoms in total. The summed E-state index contributed by atoms with van der Waals surface area (Å²) < 4.78 is 18.0. The van der Waals surface area contributed by atoms with Crippen molar-refractivity contribution in [2.45, 2.75) is 19.9 Å². The van der Waals surface area contributed by atoms with Gasteiger partial charge in [0.05, 0.1) is 24.7 Å². The number of nitriles is 1. The molecule has 1 aromatic carbocycles. The second-order valence-corrected chi connectivity index (χ2v) is 4.21. The molecule has 0 aromatic heterocycles. The Balaban J connectivity index is 2.57. The average molecular weight is 264 g/mol. The number of nitrogens with zero attached hydrogens (tertiary/aromatic N) is 2. The number of benzene rings is 1. The Labute approximate surface area is 112 Å². The summed E-state index contributed by atoms with van der Waals surface area (Å²) in [5.41, 5.74) is 1.07. The number of hydrogen-bond donors (Lipinski definition) is 0. The maximum absolute atomic E-state index is 13.1. The summed E-state index contributed by atoms with van der Waals surface area (Å²) in [7, 11) is 1.81. The number of esters is 1. The van der Waals surface area contributed by atoms with Crippen LogP contribution in [0.2, 0.25) is 0 Å². The lowest BCUT2D eigenvalue weighted by molar-refractivity contribution is -0.143. The first-order valence-corrected chi connectivity index (χ1v) is 6.09. The molecule has 0 N–H and O–H groups in total. The van der Waals surface area contributed by atoms with Crippen molar-refractivity contribution in [1.82, 2.24) is 4.90 Å². The number of carbonyl (C=O) groups excluding carboxylic acids is 1. The fourth-order valence-electron chi connectivity index (χ4n) is 1.69.